The van der Waals surface area contributed by atoms with Crippen LogP contribution >= 0.6 is 0 Å². The highest BCUT2D eigenvalue weighted by molar-refractivity contribution is 7.93. The third-order valence-corrected chi connectivity index (χ3v) is 11.0. The number of hydrogen-bond acceptors (Lipinski definition) is 5. The molecule has 0 atom stereocenters. The SMILES string of the molecule is CC(C)(C)[Si](C)(C)N1CC(S(N)(=O)=O)=C2OCCCN21. The van der Waals surface area contributed by atoms with Crippen LogP contribution in [0.15, 0.2) is 10.8 Å². The van der Waals surface area contributed by atoms with E-state index in [0.29, 0.717) is 19.0 Å². The Bertz CT molecular complexity index is 537. The molecule has 0 aromatic carbocycles. The molecule has 0 spiro atoms. The lowest BCUT2D eigenvalue weighted by atomic mass is 10.2. The van der Waals surface area contributed by atoms with Crippen molar-refractivity contribution in [2.75, 3.05) is 19.7 Å². The van der Waals surface area contributed by atoms with Gasteiger partial charge in [0, 0.05) is 13.0 Å². The molecule has 0 aromatic rings. The van der Waals surface area contributed by atoms with E-state index in [1.54, 1.807) is 0 Å². The minimum Gasteiger partial charge on any atom is -0.477 e. The fraction of sp³-hybridized carbons (Fsp3) is 0.833. The van der Waals surface area contributed by atoms with Gasteiger partial charge in [-0.2, -0.15) is 0 Å². The van der Waals surface area contributed by atoms with Crippen LogP contribution in [0.5, 0.6) is 0 Å². The first kappa shape index (κ1) is 15.8. The lowest BCUT2D eigenvalue weighted by molar-refractivity contribution is -0.0112. The molecule has 2 aliphatic rings. The Kier molecular flexibility index (Phi) is 3.73. The number of primary sulfonamides is 1. The second-order valence-corrected chi connectivity index (χ2v) is 13.7. The molecule has 0 saturated carbocycles. The van der Waals surface area contributed by atoms with E-state index >= 15 is 0 Å². The minimum atomic E-state index is -3.72. The van der Waals surface area contributed by atoms with Crippen molar-refractivity contribution in [3.8, 4) is 0 Å². The van der Waals surface area contributed by atoms with Gasteiger partial charge in [0.1, 0.15) is 4.91 Å². The predicted octanol–water partition coefficient (Wildman–Crippen LogP) is 1.40. The fourth-order valence-corrected chi connectivity index (χ4v) is 5.35. The Morgan fingerprint density at radius 2 is 1.90 bits per heavy atom. The number of hydrazine groups is 1. The molecule has 0 amide bonds. The van der Waals surface area contributed by atoms with Crippen LogP contribution in [0.3, 0.4) is 0 Å². The van der Waals surface area contributed by atoms with E-state index in [-0.39, 0.29) is 9.94 Å². The lowest BCUT2D eigenvalue weighted by Gasteiger charge is -2.49. The van der Waals surface area contributed by atoms with Gasteiger partial charge in [-0.05, 0) is 5.04 Å². The Hall–Kier alpha value is -0.573. The highest BCUT2D eigenvalue weighted by atomic mass is 32.2. The zero-order valence-electron chi connectivity index (χ0n) is 12.9. The first-order chi connectivity index (χ1) is 8.96. The van der Waals surface area contributed by atoms with Crippen molar-refractivity contribution in [1.82, 2.24) is 9.68 Å². The van der Waals surface area contributed by atoms with Gasteiger partial charge in [-0.25, -0.2) is 18.2 Å². The van der Waals surface area contributed by atoms with Crippen molar-refractivity contribution in [1.29, 1.82) is 0 Å². The number of ether oxygens (including phenoxy) is 1. The van der Waals surface area contributed by atoms with Crippen molar-refractivity contribution >= 4 is 18.3 Å². The van der Waals surface area contributed by atoms with Crippen LogP contribution in [0.4, 0.5) is 0 Å². The summed E-state index contributed by atoms with van der Waals surface area (Å²) < 4.78 is 31.4. The number of hydrogen-bond donors (Lipinski definition) is 1. The third kappa shape index (κ3) is 2.49. The quantitative estimate of drug-likeness (QED) is 0.779. The summed E-state index contributed by atoms with van der Waals surface area (Å²) in [5, 5.41) is 7.47. The van der Waals surface area contributed by atoms with Gasteiger partial charge in [-0.1, -0.05) is 33.9 Å². The summed E-state index contributed by atoms with van der Waals surface area (Å²) in [5.74, 6) is 0.448. The summed E-state index contributed by atoms with van der Waals surface area (Å²) in [4.78, 5) is 0.224. The number of rotatable bonds is 2. The van der Waals surface area contributed by atoms with Crippen molar-refractivity contribution < 1.29 is 13.2 Å². The van der Waals surface area contributed by atoms with Crippen molar-refractivity contribution in [3.05, 3.63) is 10.8 Å². The Balaban J connectivity index is 2.43. The van der Waals surface area contributed by atoms with E-state index in [1.165, 1.54) is 0 Å². The van der Waals surface area contributed by atoms with Crippen molar-refractivity contribution in [3.63, 3.8) is 0 Å². The van der Waals surface area contributed by atoms with Crippen LogP contribution in [0, 0.1) is 0 Å². The summed E-state index contributed by atoms with van der Waals surface area (Å²) in [6, 6.07) is 0. The van der Waals surface area contributed by atoms with Gasteiger partial charge in [-0.3, -0.25) is 5.01 Å². The van der Waals surface area contributed by atoms with Crippen LogP contribution in [0.1, 0.15) is 27.2 Å². The van der Waals surface area contributed by atoms with Gasteiger partial charge < -0.3 is 4.74 Å². The van der Waals surface area contributed by atoms with Gasteiger partial charge >= 0.3 is 0 Å². The van der Waals surface area contributed by atoms with E-state index in [9.17, 15) is 8.42 Å². The molecule has 0 aromatic heterocycles. The summed E-state index contributed by atoms with van der Waals surface area (Å²) in [5.41, 5.74) is 0. The number of nitrogens with two attached hydrogens (primary N) is 1. The molecule has 1 fully saturated rings. The first-order valence-electron chi connectivity index (χ1n) is 6.90. The van der Waals surface area contributed by atoms with Crippen molar-refractivity contribution in [2.24, 2.45) is 5.14 Å². The van der Waals surface area contributed by atoms with E-state index in [2.05, 4.69) is 38.5 Å². The maximum Gasteiger partial charge on any atom is 0.240 e. The first-order valence-corrected chi connectivity index (χ1v) is 11.4. The van der Waals surface area contributed by atoms with E-state index < -0.39 is 18.3 Å². The number of fused-ring (bicyclic) bond motifs is 1. The third-order valence-electron chi connectivity index (χ3n) is 4.63. The van der Waals surface area contributed by atoms with Gasteiger partial charge in [0.2, 0.25) is 15.9 Å². The molecule has 1 saturated heterocycles. The Morgan fingerprint density at radius 1 is 1.30 bits per heavy atom. The standard InChI is InChI=1S/C12H25N3O3SSi/c1-12(2,3)20(4,5)15-9-10(19(13,16)17)11-14(15)7-6-8-18-11/h6-9H2,1-5H3,(H2,13,16,17). The van der Waals surface area contributed by atoms with Gasteiger partial charge in [0.05, 0.1) is 13.2 Å². The zero-order chi connectivity index (χ0) is 15.3. The second-order valence-electron chi connectivity index (χ2n) is 6.97. The molecule has 2 aliphatic heterocycles. The maximum atomic E-state index is 11.8. The molecule has 2 rings (SSSR count). The molecule has 2 N–H and O–H groups in total. The van der Waals surface area contributed by atoms with Crippen LogP contribution in [-0.4, -0.2) is 46.0 Å². The fourth-order valence-electron chi connectivity index (χ4n) is 2.40. The maximum absolute atomic E-state index is 11.8. The largest absolute Gasteiger partial charge is 0.477 e. The molecular weight excluding hydrogens is 294 g/mol. The van der Waals surface area contributed by atoms with Gasteiger partial charge in [0.15, 0.2) is 8.24 Å². The number of nitrogens with zero attached hydrogens (tertiary/aromatic N) is 2. The molecule has 0 unspecified atom stereocenters. The minimum absolute atomic E-state index is 0.114. The predicted molar refractivity (Wildman–Crippen MR) is 81.3 cm³/mol. The summed E-state index contributed by atoms with van der Waals surface area (Å²) in [6.45, 7) is 12.8. The normalized spacial score (nSPS) is 22.0. The topological polar surface area (TPSA) is 75.9 Å². The molecule has 20 heavy (non-hydrogen) atoms. The summed E-state index contributed by atoms with van der Waals surface area (Å²) in [7, 11) is -5.60. The molecule has 2 heterocycles. The van der Waals surface area contributed by atoms with Gasteiger partial charge in [-0.15, -0.1) is 0 Å². The second kappa shape index (κ2) is 4.72. The Labute approximate surface area is 122 Å². The van der Waals surface area contributed by atoms with Gasteiger partial charge in [0.25, 0.3) is 0 Å². The molecule has 116 valence electrons. The average Bonchev–Trinajstić information content (AvgIpc) is 2.66. The average molecular weight is 320 g/mol. The van der Waals surface area contributed by atoms with E-state index in [0.717, 1.165) is 13.0 Å². The van der Waals surface area contributed by atoms with Crippen LogP contribution in [0.2, 0.25) is 18.1 Å². The van der Waals surface area contributed by atoms with Crippen molar-refractivity contribution in [2.45, 2.75) is 45.3 Å². The zero-order valence-corrected chi connectivity index (χ0v) is 14.7. The summed E-state index contributed by atoms with van der Waals surface area (Å²) >= 11 is 0. The van der Waals surface area contributed by atoms with Crippen LogP contribution in [-0.2, 0) is 14.8 Å². The van der Waals surface area contributed by atoms with E-state index in [4.69, 9.17) is 9.88 Å². The summed E-state index contributed by atoms with van der Waals surface area (Å²) in [6.07, 6.45) is 0.895. The Morgan fingerprint density at radius 3 is 2.40 bits per heavy atom. The highest BCUT2D eigenvalue weighted by Gasteiger charge is 2.50. The number of sulfonamides is 1. The molecule has 6 nitrogen and oxygen atoms in total. The highest BCUT2D eigenvalue weighted by Crippen LogP contribution is 2.43. The molecule has 8 heteroatoms. The molecule has 0 aliphatic carbocycles. The smallest absolute Gasteiger partial charge is 0.240 e. The monoisotopic (exact) mass is 319 g/mol. The molecule has 0 bridgehead atoms. The molecular formula is C12H25N3O3SSi. The van der Waals surface area contributed by atoms with Crippen LogP contribution in [0.25, 0.3) is 0 Å². The van der Waals surface area contributed by atoms with E-state index in [1.807, 2.05) is 5.01 Å². The van der Waals surface area contributed by atoms with Crippen LogP contribution < -0.4 is 5.14 Å². The lowest BCUT2D eigenvalue weighted by Crippen LogP contribution is -2.60. The molecule has 0 radical (unpaired) electrons.